The van der Waals surface area contributed by atoms with Crippen molar-refractivity contribution in [1.82, 2.24) is 5.32 Å². The summed E-state index contributed by atoms with van der Waals surface area (Å²) >= 11 is 0. The number of nitro benzene ring substituents is 1. The Morgan fingerprint density at radius 2 is 2.21 bits per heavy atom. The fourth-order valence-electron chi connectivity index (χ4n) is 1.45. The molecule has 0 aliphatic rings. The Balaban J connectivity index is 2.56. The normalized spacial score (nSPS) is 9.68. The van der Waals surface area contributed by atoms with Crippen molar-refractivity contribution >= 4 is 11.6 Å². The largest absolute Gasteiger partial charge is 0.352 e. The van der Waals surface area contributed by atoms with Crippen LogP contribution in [0.5, 0.6) is 0 Å². The molecule has 1 rings (SSSR count). The second kappa shape index (κ2) is 7.11. The van der Waals surface area contributed by atoms with E-state index in [1.165, 1.54) is 6.07 Å². The van der Waals surface area contributed by atoms with Crippen molar-refractivity contribution in [1.29, 1.82) is 0 Å². The van der Waals surface area contributed by atoms with Gasteiger partial charge in [0.25, 0.3) is 5.91 Å². The minimum absolute atomic E-state index is 0.0556. The maximum Gasteiger partial charge on any atom is 0.304 e. The molecule has 0 aliphatic heterocycles. The van der Waals surface area contributed by atoms with Crippen molar-refractivity contribution in [3.05, 3.63) is 39.7 Å². The van der Waals surface area contributed by atoms with Crippen LogP contribution in [-0.2, 0) is 0 Å². The molecule has 0 radical (unpaired) electrons. The SMILES string of the molecule is C#CCCCCNC(=O)c1ccc([N+](=O)[O-])c(F)c1. The van der Waals surface area contributed by atoms with E-state index in [0.717, 1.165) is 25.0 Å². The van der Waals surface area contributed by atoms with Gasteiger partial charge in [-0.3, -0.25) is 14.9 Å². The first-order valence-corrected chi connectivity index (χ1v) is 5.72. The summed E-state index contributed by atoms with van der Waals surface area (Å²) in [4.78, 5) is 21.2. The van der Waals surface area contributed by atoms with Gasteiger partial charge in [0.15, 0.2) is 0 Å². The number of terminal acetylenes is 1. The Morgan fingerprint density at radius 1 is 1.47 bits per heavy atom. The van der Waals surface area contributed by atoms with E-state index in [2.05, 4.69) is 11.2 Å². The third-order valence-electron chi connectivity index (χ3n) is 2.44. The molecule has 1 N–H and O–H groups in total. The van der Waals surface area contributed by atoms with Crippen molar-refractivity contribution < 1.29 is 14.1 Å². The van der Waals surface area contributed by atoms with E-state index in [1.807, 2.05) is 0 Å². The van der Waals surface area contributed by atoms with E-state index >= 15 is 0 Å². The van der Waals surface area contributed by atoms with Crippen LogP contribution in [0.25, 0.3) is 0 Å². The van der Waals surface area contributed by atoms with E-state index < -0.39 is 22.3 Å². The number of nitrogens with one attached hydrogen (secondary N) is 1. The van der Waals surface area contributed by atoms with E-state index in [4.69, 9.17) is 6.42 Å². The Kier molecular flexibility index (Phi) is 5.48. The summed E-state index contributed by atoms with van der Waals surface area (Å²) in [5.74, 6) is 0.999. The Bertz CT molecular complexity index is 523. The van der Waals surface area contributed by atoms with Crippen LogP contribution >= 0.6 is 0 Å². The molecule has 0 bridgehead atoms. The zero-order valence-electron chi connectivity index (χ0n) is 10.2. The monoisotopic (exact) mass is 264 g/mol. The summed E-state index contributed by atoms with van der Waals surface area (Å²) in [7, 11) is 0. The molecule has 1 amide bonds. The van der Waals surface area contributed by atoms with Gasteiger partial charge in [-0.25, -0.2) is 0 Å². The van der Waals surface area contributed by atoms with Gasteiger partial charge in [0, 0.05) is 24.6 Å². The highest BCUT2D eigenvalue weighted by Crippen LogP contribution is 2.17. The molecule has 0 aromatic heterocycles. The number of carbonyl (C=O) groups excluding carboxylic acids is 1. The van der Waals surface area contributed by atoms with Crippen LogP contribution in [0, 0.1) is 28.3 Å². The van der Waals surface area contributed by atoms with Gasteiger partial charge in [-0.15, -0.1) is 12.3 Å². The lowest BCUT2D eigenvalue weighted by molar-refractivity contribution is -0.387. The summed E-state index contributed by atoms with van der Waals surface area (Å²) in [5, 5.41) is 13.0. The fraction of sp³-hybridized carbons (Fsp3) is 0.308. The number of nitro groups is 1. The number of carbonyl (C=O) groups is 1. The smallest absolute Gasteiger partial charge is 0.304 e. The van der Waals surface area contributed by atoms with Gasteiger partial charge in [-0.1, -0.05) is 0 Å². The molecule has 0 saturated carbocycles. The van der Waals surface area contributed by atoms with Crippen LogP contribution in [0.1, 0.15) is 29.6 Å². The van der Waals surface area contributed by atoms with E-state index in [0.29, 0.717) is 13.0 Å². The molecule has 1 aromatic rings. The highest BCUT2D eigenvalue weighted by Gasteiger charge is 2.16. The number of nitrogens with zero attached hydrogens (tertiary/aromatic N) is 1. The minimum Gasteiger partial charge on any atom is -0.352 e. The molecule has 100 valence electrons. The van der Waals surface area contributed by atoms with Crippen LogP contribution in [0.3, 0.4) is 0 Å². The first-order valence-electron chi connectivity index (χ1n) is 5.72. The maximum atomic E-state index is 13.3. The third kappa shape index (κ3) is 4.39. The Labute approximate surface area is 110 Å². The molecule has 5 nitrogen and oxygen atoms in total. The maximum absolute atomic E-state index is 13.3. The Hall–Kier alpha value is -2.42. The predicted octanol–water partition coefficient (Wildman–Crippen LogP) is 2.27. The average Bonchev–Trinajstić information content (AvgIpc) is 2.37. The number of hydrogen-bond donors (Lipinski definition) is 1. The second-order valence-corrected chi connectivity index (χ2v) is 3.84. The molecule has 6 heteroatoms. The molecule has 0 spiro atoms. The van der Waals surface area contributed by atoms with Crippen LogP contribution < -0.4 is 5.32 Å². The molecule has 0 saturated heterocycles. The van der Waals surface area contributed by atoms with Crippen molar-refractivity contribution in [3.8, 4) is 12.3 Å². The number of unbranched alkanes of at least 4 members (excludes halogenated alkanes) is 2. The summed E-state index contributed by atoms with van der Waals surface area (Å²) in [6.45, 7) is 0.430. The van der Waals surface area contributed by atoms with E-state index in [1.54, 1.807) is 0 Å². The number of amides is 1. The van der Waals surface area contributed by atoms with Crippen LogP contribution in [0.2, 0.25) is 0 Å². The third-order valence-corrected chi connectivity index (χ3v) is 2.44. The minimum atomic E-state index is -1.02. The molecular formula is C13H13FN2O3. The lowest BCUT2D eigenvalue weighted by Crippen LogP contribution is -2.24. The van der Waals surface area contributed by atoms with Gasteiger partial charge in [0.05, 0.1) is 4.92 Å². The van der Waals surface area contributed by atoms with Gasteiger partial charge < -0.3 is 5.32 Å². The standard InChI is InChI=1S/C13H13FN2O3/c1-2-3-4-5-8-15-13(17)10-6-7-12(16(18)19)11(14)9-10/h1,6-7,9H,3-5,8H2,(H,15,17). The zero-order valence-corrected chi connectivity index (χ0v) is 10.2. The molecule has 19 heavy (non-hydrogen) atoms. The summed E-state index contributed by atoms with van der Waals surface area (Å²) in [5.41, 5.74) is -0.592. The highest BCUT2D eigenvalue weighted by molar-refractivity contribution is 5.94. The van der Waals surface area contributed by atoms with E-state index in [9.17, 15) is 19.3 Å². The lowest BCUT2D eigenvalue weighted by Gasteiger charge is -2.04. The van der Waals surface area contributed by atoms with Crippen molar-refractivity contribution in [2.24, 2.45) is 0 Å². The molecule has 0 aliphatic carbocycles. The van der Waals surface area contributed by atoms with Gasteiger partial charge in [-0.05, 0) is 25.0 Å². The number of benzene rings is 1. The summed E-state index contributed by atoms with van der Waals surface area (Å²) < 4.78 is 13.3. The number of hydrogen-bond acceptors (Lipinski definition) is 3. The average molecular weight is 264 g/mol. The summed E-state index contributed by atoms with van der Waals surface area (Å²) in [6.07, 6.45) is 7.25. The topological polar surface area (TPSA) is 72.2 Å². The molecular weight excluding hydrogens is 251 g/mol. The fourth-order valence-corrected chi connectivity index (χ4v) is 1.45. The van der Waals surface area contributed by atoms with Gasteiger partial charge >= 0.3 is 5.69 Å². The van der Waals surface area contributed by atoms with Gasteiger partial charge in [0.1, 0.15) is 0 Å². The summed E-state index contributed by atoms with van der Waals surface area (Å²) in [6, 6.07) is 3.05. The molecule has 0 atom stereocenters. The van der Waals surface area contributed by atoms with Crippen LogP contribution in [0.4, 0.5) is 10.1 Å². The molecule has 0 unspecified atom stereocenters. The van der Waals surface area contributed by atoms with E-state index in [-0.39, 0.29) is 5.56 Å². The van der Waals surface area contributed by atoms with Crippen molar-refractivity contribution in [2.45, 2.75) is 19.3 Å². The first-order chi connectivity index (χ1) is 9.06. The number of halogens is 1. The predicted molar refractivity (Wildman–Crippen MR) is 68.1 cm³/mol. The lowest BCUT2D eigenvalue weighted by atomic mass is 10.2. The highest BCUT2D eigenvalue weighted by atomic mass is 19.1. The Morgan fingerprint density at radius 3 is 2.79 bits per heavy atom. The zero-order chi connectivity index (χ0) is 14.3. The van der Waals surface area contributed by atoms with Crippen molar-refractivity contribution in [3.63, 3.8) is 0 Å². The quantitative estimate of drug-likeness (QED) is 0.371. The second-order valence-electron chi connectivity index (χ2n) is 3.84. The van der Waals surface area contributed by atoms with Gasteiger partial charge in [0.2, 0.25) is 5.82 Å². The van der Waals surface area contributed by atoms with Crippen molar-refractivity contribution in [2.75, 3.05) is 6.54 Å². The molecule has 0 fully saturated rings. The van der Waals surface area contributed by atoms with Crippen LogP contribution in [0.15, 0.2) is 18.2 Å². The van der Waals surface area contributed by atoms with Crippen LogP contribution in [-0.4, -0.2) is 17.4 Å². The number of rotatable bonds is 6. The first kappa shape index (κ1) is 14.6. The molecule has 0 heterocycles. The van der Waals surface area contributed by atoms with Gasteiger partial charge in [-0.2, -0.15) is 4.39 Å². The molecule has 1 aromatic carbocycles.